The van der Waals surface area contributed by atoms with Crippen LogP contribution in [0, 0.1) is 5.92 Å². The van der Waals surface area contributed by atoms with Crippen LogP contribution in [0.1, 0.15) is 50.3 Å². The largest absolute Gasteiger partial charge is 0.316 e. The van der Waals surface area contributed by atoms with Gasteiger partial charge >= 0.3 is 0 Å². The highest BCUT2D eigenvalue weighted by Crippen LogP contribution is 2.24. The highest BCUT2D eigenvalue weighted by molar-refractivity contribution is 4.96. The van der Waals surface area contributed by atoms with E-state index in [-0.39, 0.29) is 0 Å². The van der Waals surface area contributed by atoms with Gasteiger partial charge in [-0.25, -0.2) is 0 Å². The summed E-state index contributed by atoms with van der Waals surface area (Å²) in [5, 5.41) is 16.3. The molecule has 0 radical (unpaired) electrons. The molecule has 17 heavy (non-hydrogen) atoms. The summed E-state index contributed by atoms with van der Waals surface area (Å²) < 4.78 is 0. The predicted molar refractivity (Wildman–Crippen MR) is 64.6 cm³/mol. The summed E-state index contributed by atoms with van der Waals surface area (Å²) in [6.45, 7) is 3.06. The Hall–Kier alpha value is -0.970. The van der Waals surface area contributed by atoms with Crippen molar-refractivity contribution >= 4 is 0 Å². The third-order valence-corrected chi connectivity index (χ3v) is 4.04. The maximum Gasteiger partial charge on any atom is 0.179 e. The van der Waals surface area contributed by atoms with Gasteiger partial charge in [-0.2, -0.15) is 4.80 Å². The molecule has 1 saturated carbocycles. The third kappa shape index (κ3) is 2.65. The van der Waals surface area contributed by atoms with Crippen LogP contribution < -0.4 is 5.32 Å². The molecular weight excluding hydrogens is 214 g/mol. The fourth-order valence-electron chi connectivity index (χ4n) is 2.97. The van der Waals surface area contributed by atoms with Gasteiger partial charge < -0.3 is 5.32 Å². The number of tetrazole rings is 1. The van der Waals surface area contributed by atoms with E-state index >= 15 is 0 Å². The first-order chi connectivity index (χ1) is 8.42. The molecule has 2 aliphatic rings. The zero-order chi connectivity index (χ0) is 11.5. The van der Waals surface area contributed by atoms with E-state index < -0.39 is 0 Å². The van der Waals surface area contributed by atoms with Gasteiger partial charge in [0.05, 0.1) is 6.54 Å². The Morgan fingerprint density at radius 3 is 2.82 bits per heavy atom. The lowest BCUT2D eigenvalue weighted by atomic mass is 9.89. The molecule has 1 saturated heterocycles. The average Bonchev–Trinajstić information content (AvgIpc) is 3.00. The van der Waals surface area contributed by atoms with Gasteiger partial charge in [0.15, 0.2) is 5.82 Å². The van der Waals surface area contributed by atoms with Crippen molar-refractivity contribution in [2.45, 2.75) is 51.0 Å². The van der Waals surface area contributed by atoms with Gasteiger partial charge in [-0.3, -0.25) is 0 Å². The minimum atomic E-state index is 0.482. The van der Waals surface area contributed by atoms with E-state index in [4.69, 9.17) is 0 Å². The van der Waals surface area contributed by atoms with Crippen LogP contribution in [0.25, 0.3) is 0 Å². The second-order valence-electron chi connectivity index (χ2n) is 5.40. The Balaban J connectivity index is 1.59. The van der Waals surface area contributed by atoms with E-state index in [1.54, 1.807) is 0 Å². The van der Waals surface area contributed by atoms with Gasteiger partial charge in [0.1, 0.15) is 0 Å². The predicted octanol–water partition coefficient (Wildman–Crippen LogP) is 1.33. The number of hydrogen-bond donors (Lipinski definition) is 1. The van der Waals surface area contributed by atoms with Crippen LogP contribution in [0.2, 0.25) is 0 Å². The molecule has 0 aromatic carbocycles. The van der Waals surface area contributed by atoms with E-state index in [0.29, 0.717) is 5.92 Å². The summed E-state index contributed by atoms with van der Waals surface area (Å²) in [6.07, 6.45) is 7.97. The Morgan fingerprint density at radius 2 is 2.06 bits per heavy atom. The van der Waals surface area contributed by atoms with Crippen LogP contribution in [0.15, 0.2) is 0 Å². The molecule has 5 nitrogen and oxygen atoms in total. The molecule has 0 spiro atoms. The Bertz CT molecular complexity index is 350. The van der Waals surface area contributed by atoms with Crippen LogP contribution in [0.5, 0.6) is 0 Å². The van der Waals surface area contributed by atoms with Crippen LogP contribution in [-0.4, -0.2) is 33.3 Å². The standard InChI is InChI=1S/C12H21N5/c1-2-4-10(5-3-1)9-17-15-12(14-16-17)11-6-7-13-8-11/h10-11,13H,1-9H2. The molecule has 94 valence electrons. The Kier molecular flexibility index (Phi) is 3.36. The maximum atomic E-state index is 4.54. The first-order valence-electron chi connectivity index (χ1n) is 6.90. The molecule has 1 aromatic rings. The Morgan fingerprint density at radius 1 is 1.18 bits per heavy atom. The number of aromatic nitrogens is 4. The molecule has 2 fully saturated rings. The lowest BCUT2D eigenvalue weighted by molar-refractivity contribution is 0.290. The molecule has 1 aliphatic heterocycles. The zero-order valence-electron chi connectivity index (χ0n) is 10.3. The fourth-order valence-corrected chi connectivity index (χ4v) is 2.97. The number of nitrogens with zero attached hydrogens (tertiary/aromatic N) is 4. The molecule has 3 rings (SSSR count). The van der Waals surface area contributed by atoms with Crippen molar-refractivity contribution in [1.29, 1.82) is 0 Å². The van der Waals surface area contributed by atoms with Crippen molar-refractivity contribution in [1.82, 2.24) is 25.5 Å². The Labute approximate surface area is 102 Å². The molecule has 5 heteroatoms. The summed E-state index contributed by atoms with van der Waals surface area (Å²) in [5.41, 5.74) is 0. The van der Waals surface area contributed by atoms with Crippen LogP contribution in [0.4, 0.5) is 0 Å². The van der Waals surface area contributed by atoms with Gasteiger partial charge in [-0.1, -0.05) is 19.3 Å². The average molecular weight is 235 g/mol. The van der Waals surface area contributed by atoms with E-state index in [2.05, 4.69) is 20.7 Å². The normalized spacial score (nSPS) is 26.5. The van der Waals surface area contributed by atoms with Crippen LogP contribution in [-0.2, 0) is 6.54 Å². The van der Waals surface area contributed by atoms with Crippen molar-refractivity contribution < 1.29 is 0 Å². The molecule has 0 amide bonds. The molecule has 0 bridgehead atoms. The molecule has 2 heterocycles. The monoisotopic (exact) mass is 235 g/mol. The highest BCUT2D eigenvalue weighted by atomic mass is 15.6. The topological polar surface area (TPSA) is 55.6 Å². The number of rotatable bonds is 3. The van der Waals surface area contributed by atoms with Gasteiger partial charge in [0, 0.05) is 12.5 Å². The fraction of sp³-hybridized carbons (Fsp3) is 0.917. The number of hydrogen-bond acceptors (Lipinski definition) is 4. The quantitative estimate of drug-likeness (QED) is 0.858. The lowest BCUT2D eigenvalue weighted by Crippen LogP contribution is -2.16. The van der Waals surface area contributed by atoms with E-state index in [9.17, 15) is 0 Å². The van der Waals surface area contributed by atoms with Crippen LogP contribution >= 0.6 is 0 Å². The minimum absolute atomic E-state index is 0.482. The van der Waals surface area contributed by atoms with Gasteiger partial charge in [-0.15, -0.1) is 10.2 Å². The number of nitrogens with one attached hydrogen (secondary N) is 1. The second kappa shape index (κ2) is 5.12. The summed E-state index contributed by atoms with van der Waals surface area (Å²) in [6, 6.07) is 0. The van der Waals surface area contributed by atoms with Crippen molar-refractivity contribution in [3.63, 3.8) is 0 Å². The maximum absolute atomic E-state index is 4.54. The molecule has 1 aromatic heterocycles. The summed E-state index contributed by atoms with van der Waals surface area (Å²) in [7, 11) is 0. The van der Waals surface area contributed by atoms with Crippen molar-refractivity contribution in [3.8, 4) is 0 Å². The van der Waals surface area contributed by atoms with Gasteiger partial charge in [0.25, 0.3) is 0 Å². The van der Waals surface area contributed by atoms with Gasteiger partial charge in [0.2, 0.25) is 0 Å². The smallest absolute Gasteiger partial charge is 0.179 e. The molecule has 1 unspecified atom stereocenters. The third-order valence-electron chi connectivity index (χ3n) is 4.04. The zero-order valence-corrected chi connectivity index (χ0v) is 10.3. The summed E-state index contributed by atoms with van der Waals surface area (Å²) >= 11 is 0. The molecule has 1 aliphatic carbocycles. The summed E-state index contributed by atoms with van der Waals surface area (Å²) in [4.78, 5) is 1.82. The van der Waals surface area contributed by atoms with E-state index in [1.165, 1.54) is 32.1 Å². The minimum Gasteiger partial charge on any atom is -0.316 e. The summed E-state index contributed by atoms with van der Waals surface area (Å²) in [5.74, 6) is 2.19. The van der Waals surface area contributed by atoms with Gasteiger partial charge in [-0.05, 0) is 36.9 Å². The van der Waals surface area contributed by atoms with E-state index in [0.717, 1.165) is 37.8 Å². The second-order valence-corrected chi connectivity index (χ2v) is 5.40. The lowest BCUT2D eigenvalue weighted by Gasteiger charge is -2.20. The highest BCUT2D eigenvalue weighted by Gasteiger charge is 2.22. The molecule has 1 atom stereocenters. The van der Waals surface area contributed by atoms with Crippen molar-refractivity contribution in [2.75, 3.05) is 13.1 Å². The van der Waals surface area contributed by atoms with Crippen molar-refractivity contribution in [2.24, 2.45) is 5.92 Å². The first kappa shape index (κ1) is 11.1. The SMILES string of the molecule is C1CCC(Cn2nnc(C3CCNC3)n2)CC1. The van der Waals surface area contributed by atoms with E-state index in [1.807, 2.05) is 4.80 Å². The first-order valence-corrected chi connectivity index (χ1v) is 6.90. The molecular formula is C12H21N5. The molecule has 1 N–H and O–H groups in total. The van der Waals surface area contributed by atoms with Crippen molar-refractivity contribution in [3.05, 3.63) is 5.82 Å². The van der Waals surface area contributed by atoms with Crippen LogP contribution in [0.3, 0.4) is 0 Å².